The lowest BCUT2D eigenvalue weighted by molar-refractivity contribution is 0.794. The molecule has 2 aliphatic rings. The molecule has 2 heterocycles. The number of rotatable bonds is 5. The molecule has 0 fully saturated rings. The molecule has 3 nitrogen and oxygen atoms in total. The van der Waals surface area contributed by atoms with Crippen molar-refractivity contribution in [1.29, 1.82) is 0 Å². The van der Waals surface area contributed by atoms with Crippen molar-refractivity contribution in [2.24, 2.45) is 0 Å². The van der Waals surface area contributed by atoms with E-state index in [0.717, 1.165) is 33.4 Å². The number of fused-ring (bicyclic) bond motifs is 13. The molecule has 1 spiro atoms. The zero-order valence-electron chi connectivity index (χ0n) is 33.5. The average Bonchev–Trinajstić information content (AvgIpc) is 3.98. The number of hydrogen-bond donors (Lipinski definition) is 0. The maximum absolute atomic E-state index is 5.22. The van der Waals surface area contributed by atoms with Crippen LogP contribution in [-0.4, -0.2) is 15.0 Å². The molecular weight excluding hydrogens is 771 g/mol. The molecule has 0 radical (unpaired) electrons. The van der Waals surface area contributed by atoms with Crippen molar-refractivity contribution < 1.29 is 0 Å². The first kappa shape index (κ1) is 35.0. The molecule has 0 bridgehead atoms. The predicted molar refractivity (Wildman–Crippen MR) is 256 cm³/mol. The second-order valence-corrected chi connectivity index (χ2v) is 17.4. The highest BCUT2D eigenvalue weighted by molar-refractivity contribution is 7.25. The lowest BCUT2D eigenvalue weighted by atomic mass is 9.70. The summed E-state index contributed by atoms with van der Waals surface area (Å²) in [6, 6.07) is 76.8. The second kappa shape index (κ2) is 13.6. The molecule has 2 aromatic heterocycles. The Morgan fingerprint density at radius 2 is 0.710 bits per heavy atom. The second-order valence-electron chi connectivity index (χ2n) is 16.3. The van der Waals surface area contributed by atoms with Crippen LogP contribution in [0, 0.1) is 0 Å². The third-order valence-corrected chi connectivity index (χ3v) is 14.1. The summed E-state index contributed by atoms with van der Waals surface area (Å²) in [6.45, 7) is 0. The molecule has 11 aromatic rings. The van der Waals surface area contributed by atoms with Crippen LogP contribution in [0.5, 0.6) is 0 Å². The van der Waals surface area contributed by atoms with Crippen molar-refractivity contribution in [3.63, 3.8) is 0 Å². The normalized spacial score (nSPS) is 13.0. The van der Waals surface area contributed by atoms with Gasteiger partial charge in [-0.05, 0) is 97.1 Å². The van der Waals surface area contributed by atoms with E-state index in [-0.39, 0.29) is 0 Å². The van der Waals surface area contributed by atoms with Gasteiger partial charge >= 0.3 is 0 Å². The van der Waals surface area contributed by atoms with Crippen LogP contribution in [0.2, 0.25) is 0 Å². The summed E-state index contributed by atoms with van der Waals surface area (Å²) in [7, 11) is 0. The molecule has 0 amide bonds. The fraction of sp³-hybridized carbons (Fsp3) is 0.0172. The van der Waals surface area contributed by atoms with Crippen molar-refractivity contribution >= 4 is 31.5 Å². The monoisotopic (exact) mass is 805 g/mol. The smallest absolute Gasteiger partial charge is 0.164 e. The highest BCUT2D eigenvalue weighted by atomic mass is 32.1. The van der Waals surface area contributed by atoms with E-state index in [2.05, 4.69) is 194 Å². The maximum Gasteiger partial charge on any atom is 0.164 e. The first-order chi connectivity index (χ1) is 30.7. The van der Waals surface area contributed by atoms with Gasteiger partial charge in [0.05, 0.1) is 5.41 Å². The Kier molecular flexibility index (Phi) is 7.69. The largest absolute Gasteiger partial charge is 0.208 e. The highest BCUT2D eigenvalue weighted by Gasteiger charge is 2.51. The van der Waals surface area contributed by atoms with E-state index < -0.39 is 5.41 Å². The van der Waals surface area contributed by atoms with Crippen LogP contribution in [0.25, 0.3) is 98.8 Å². The summed E-state index contributed by atoms with van der Waals surface area (Å²) in [5, 5.41) is 2.60. The molecule has 4 heteroatoms. The average molecular weight is 806 g/mol. The van der Waals surface area contributed by atoms with E-state index >= 15 is 0 Å². The van der Waals surface area contributed by atoms with Gasteiger partial charge in [0.15, 0.2) is 17.5 Å². The van der Waals surface area contributed by atoms with E-state index in [4.69, 9.17) is 15.0 Å². The Labute approximate surface area is 363 Å². The number of nitrogens with zero attached hydrogens (tertiary/aromatic N) is 3. The molecule has 0 unspecified atom stereocenters. The highest BCUT2D eigenvalue weighted by Crippen LogP contribution is 2.63. The molecule has 13 rings (SSSR count). The lowest BCUT2D eigenvalue weighted by Crippen LogP contribution is -2.25. The zero-order chi connectivity index (χ0) is 40.8. The summed E-state index contributed by atoms with van der Waals surface area (Å²) in [5.74, 6) is 1.92. The molecule has 288 valence electrons. The zero-order valence-corrected chi connectivity index (χ0v) is 34.3. The molecule has 62 heavy (non-hydrogen) atoms. The minimum atomic E-state index is -0.404. The van der Waals surface area contributed by atoms with E-state index in [1.807, 2.05) is 29.5 Å². The van der Waals surface area contributed by atoms with Crippen LogP contribution < -0.4 is 0 Å². The molecule has 0 N–H and O–H groups in total. The molecule has 0 saturated heterocycles. The Morgan fingerprint density at radius 3 is 1.34 bits per heavy atom. The van der Waals surface area contributed by atoms with Gasteiger partial charge in [-0.3, -0.25) is 0 Å². The Morgan fingerprint density at radius 1 is 0.274 bits per heavy atom. The van der Waals surface area contributed by atoms with Crippen molar-refractivity contribution in [1.82, 2.24) is 15.0 Å². The first-order valence-corrected chi connectivity index (χ1v) is 21.9. The van der Waals surface area contributed by atoms with Crippen LogP contribution in [0.15, 0.2) is 212 Å². The minimum Gasteiger partial charge on any atom is -0.208 e. The van der Waals surface area contributed by atoms with Crippen molar-refractivity contribution in [2.45, 2.75) is 5.41 Å². The predicted octanol–water partition coefficient (Wildman–Crippen LogP) is 14.9. The maximum atomic E-state index is 5.22. The van der Waals surface area contributed by atoms with Crippen molar-refractivity contribution in [3.05, 3.63) is 235 Å². The number of benzene rings is 9. The van der Waals surface area contributed by atoms with Crippen molar-refractivity contribution in [3.8, 4) is 78.7 Å². The molecule has 0 saturated carbocycles. The van der Waals surface area contributed by atoms with Gasteiger partial charge in [0, 0.05) is 36.9 Å². The van der Waals surface area contributed by atoms with Gasteiger partial charge in [-0.1, -0.05) is 182 Å². The summed E-state index contributed by atoms with van der Waals surface area (Å²) in [5.41, 5.74) is 17.5. The van der Waals surface area contributed by atoms with Crippen LogP contribution in [0.3, 0.4) is 0 Å². The Bertz CT molecular complexity index is 3540. The van der Waals surface area contributed by atoms with Gasteiger partial charge in [0.25, 0.3) is 0 Å². The third-order valence-electron chi connectivity index (χ3n) is 13.0. The van der Waals surface area contributed by atoms with E-state index in [0.29, 0.717) is 17.5 Å². The first-order valence-electron chi connectivity index (χ1n) is 21.1. The van der Waals surface area contributed by atoms with E-state index in [9.17, 15) is 0 Å². The summed E-state index contributed by atoms with van der Waals surface area (Å²) in [4.78, 5) is 15.5. The van der Waals surface area contributed by atoms with Crippen LogP contribution in [0.1, 0.15) is 22.3 Å². The number of aromatic nitrogens is 3. The van der Waals surface area contributed by atoms with Crippen LogP contribution in [0.4, 0.5) is 0 Å². The fourth-order valence-corrected chi connectivity index (χ4v) is 11.4. The lowest BCUT2D eigenvalue weighted by Gasteiger charge is -2.30. The minimum absolute atomic E-state index is 0.404. The third kappa shape index (κ3) is 5.20. The van der Waals surface area contributed by atoms with Gasteiger partial charge in [0.2, 0.25) is 0 Å². The number of thiophene rings is 1. The molecule has 0 aliphatic heterocycles. The molecule has 0 atom stereocenters. The van der Waals surface area contributed by atoms with Gasteiger partial charge in [0.1, 0.15) is 0 Å². The Balaban J connectivity index is 0.934. The summed E-state index contributed by atoms with van der Waals surface area (Å²) in [6.07, 6.45) is 0. The van der Waals surface area contributed by atoms with Crippen LogP contribution in [-0.2, 0) is 5.41 Å². The van der Waals surface area contributed by atoms with Gasteiger partial charge < -0.3 is 0 Å². The summed E-state index contributed by atoms with van der Waals surface area (Å²) < 4.78 is 2.59. The van der Waals surface area contributed by atoms with E-state index in [1.165, 1.54) is 70.2 Å². The quantitative estimate of drug-likeness (QED) is 0.174. The Hall–Kier alpha value is -7.79. The standard InChI is InChI=1S/C58H35N3S/c1-2-14-36(15-3-1)55-59-56(61-57(60-55)42-19-13-17-38(33-42)40-29-31-48-47-23-7-11-27-53(47)62-54(48)35-40)41-18-12-16-37(32-41)39-28-30-46-45-22-6-10-26-51(45)58(52(46)34-39)49-24-8-4-20-43(49)44-21-5-9-25-50(44)58/h1-35H. The van der Waals surface area contributed by atoms with Gasteiger partial charge in [-0.2, -0.15) is 0 Å². The van der Waals surface area contributed by atoms with E-state index in [1.54, 1.807) is 0 Å². The molecule has 2 aliphatic carbocycles. The molecular formula is C58H35N3S. The van der Waals surface area contributed by atoms with Gasteiger partial charge in [-0.15, -0.1) is 11.3 Å². The van der Waals surface area contributed by atoms with Crippen molar-refractivity contribution in [2.75, 3.05) is 0 Å². The fourth-order valence-electron chi connectivity index (χ4n) is 10.2. The van der Waals surface area contributed by atoms with Gasteiger partial charge in [-0.25, -0.2) is 15.0 Å². The topological polar surface area (TPSA) is 38.7 Å². The van der Waals surface area contributed by atoms with Crippen LogP contribution >= 0.6 is 11.3 Å². The SMILES string of the molecule is c1ccc(-c2nc(-c3cccc(-c4ccc5c(c4)C4(c6ccccc6-c6ccccc64)c4ccccc4-5)c3)nc(-c3cccc(-c4ccc5c(c4)sc4ccccc45)c3)n2)cc1. The molecule has 9 aromatic carbocycles. The summed E-state index contributed by atoms with van der Waals surface area (Å²) >= 11 is 1.84. The number of hydrogen-bond acceptors (Lipinski definition) is 4.